The summed E-state index contributed by atoms with van der Waals surface area (Å²) in [7, 11) is 1.71. The fraction of sp³-hybridized carbons (Fsp3) is 1.00. The summed E-state index contributed by atoms with van der Waals surface area (Å²) in [4.78, 5) is 0. The van der Waals surface area contributed by atoms with Crippen LogP contribution >= 0.6 is 0 Å². The molecule has 0 aromatic rings. The van der Waals surface area contributed by atoms with Gasteiger partial charge in [-0.25, -0.2) is 0 Å². The van der Waals surface area contributed by atoms with Crippen LogP contribution in [0.15, 0.2) is 0 Å². The van der Waals surface area contributed by atoms with Gasteiger partial charge in [0.25, 0.3) is 0 Å². The maximum Gasteiger partial charge on any atom is 0.0648 e. The van der Waals surface area contributed by atoms with Gasteiger partial charge in [0.15, 0.2) is 0 Å². The summed E-state index contributed by atoms with van der Waals surface area (Å²) >= 11 is 0. The van der Waals surface area contributed by atoms with Crippen LogP contribution in [0.25, 0.3) is 0 Å². The predicted octanol–water partition coefficient (Wildman–Crippen LogP) is 0.529. The normalized spacial score (nSPS) is 34.1. The van der Waals surface area contributed by atoms with Crippen molar-refractivity contribution in [2.45, 2.75) is 31.4 Å². The molecule has 0 amide bonds. The third-order valence-electron chi connectivity index (χ3n) is 2.23. The summed E-state index contributed by atoms with van der Waals surface area (Å²) < 4.78 is 10.4. The molecule has 1 fully saturated rings. The van der Waals surface area contributed by atoms with Crippen LogP contribution in [0.2, 0.25) is 0 Å². The van der Waals surface area contributed by atoms with Crippen LogP contribution < -0.4 is 5.73 Å². The lowest BCUT2D eigenvalue weighted by molar-refractivity contribution is 0.0818. The molecule has 1 rings (SSSR count). The molecule has 3 nitrogen and oxygen atoms in total. The first-order valence-corrected chi connectivity index (χ1v) is 4.06. The Bertz CT molecular complexity index is 121. The van der Waals surface area contributed by atoms with Crippen LogP contribution in [0.1, 0.15) is 19.8 Å². The van der Waals surface area contributed by atoms with E-state index in [4.69, 9.17) is 15.2 Å². The maximum atomic E-state index is 6.03. The zero-order valence-corrected chi connectivity index (χ0v) is 7.30. The van der Waals surface area contributed by atoms with E-state index in [0.717, 1.165) is 19.4 Å². The van der Waals surface area contributed by atoms with Crippen LogP contribution in [0.5, 0.6) is 0 Å². The molecule has 0 bridgehead atoms. The largest absolute Gasteiger partial charge is 0.382 e. The number of nitrogens with two attached hydrogens (primary N) is 1. The average molecular weight is 159 g/mol. The minimum atomic E-state index is -0.130. The van der Waals surface area contributed by atoms with Gasteiger partial charge in [0.05, 0.1) is 12.7 Å². The highest BCUT2D eigenvalue weighted by Crippen LogP contribution is 2.21. The molecule has 1 aliphatic heterocycles. The first-order chi connectivity index (χ1) is 5.16. The average Bonchev–Trinajstić information content (AvgIpc) is 2.36. The summed E-state index contributed by atoms with van der Waals surface area (Å²) in [5, 5.41) is 0. The van der Waals surface area contributed by atoms with Crippen LogP contribution in [-0.2, 0) is 9.47 Å². The van der Waals surface area contributed by atoms with E-state index >= 15 is 0 Å². The van der Waals surface area contributed by atoms with Crippen LogP contribution in [-0.4, -0.2) is 32.0 Å². The molecule has 1 aliphatic rings. The molecule has 2 N–H and O–H groups in total. The summed E-state index contributed by atoms with van der Waals surface area (Å²) in [6.07, 6.45) is 2.09. The SMILES string of the molecule is COC(C)CC1(N)CCOC1. The Morgan fingerprint density at radius 1 is 1.73 bits per heavy atom. The van der Waals surface area contributed by atoms with E-state index in [0.29, 0.717) is 6.61 Å². The van der Waals surface area contributed by atoms with Crippen LogP contribution in [0.3, 0.4) is 0 Å². The molecular weight excluding hydrogens is 142 g/mol. The first kappa shape index (κ1) is 8.97. The van der Waals surface area contributed by atoms with Crippen molar-refractivity contribution in [3.63, 3.8) is 0 Å². The quantitative estimate of drug-likeness (QED) is 0.653. The van der Waals surface area contributed by atoms with Crippen molar-refractivity contribution in [3.05, 3.63) is 0 Å². The minimum Gasteiger partial charge on any atom is -0.382 e. The summed E-state index contributed by atoms with van der Waals surface area (Å²) in [6, 6.07) is 0. The van der Waals surface area contributed by atoms with Crippen LogP contribution in [0.4, 0.5) is 0 Å². The smallest absolute Gasteiger partial charge is 0.0648 e. The van der Waals surface area contributed by atoms with E-state index < -0.39 is 0 Å². The lowest BCUT2D eigenvalue weighted by Crippen LogP contribution is -2.43. The number of hydrogen-bond donors (Lipinski definition) is 1. The molecule has 1 saturated heterocycles. The molecule has 11 heavy (non-hydrogen) atoms. The van der Waals surface area contributed by atoms with Gasteiger partial charge in [0.1, 0.15) is 0 Å². The van der Waals surface area contributed by atoms with Gasteiger partial charge in [-0.15, -0.1) is 0 Å². The van der Waals surface area contributed by atoms with Gasteiger partial charge in [0.2, 0.25) is 0 Å². The van der Waals surface area contributed by atoms with E-state index in [2.05, 4.69) is 0 Å². The number of methoxy groups -OCH3 is 1. The highest BCUT2D eigenvalue weighted by molar-refractivity contribution is 4.89. The number of rotatable bonds is 3. The second kappa shape index (κ2) is 3.52. The molecule has 0 aromatic heterocycles. The van der Waals surface area contributed by atoms with Crippen LogP contribution in [0, 0.1) is 0 Å². The monoisotopic (exact) mass is 159 g/mol. The Hall–Kier alpha value is -0.120. The van der Waals surface area contributed by atoms with Crippen molar-refractivity contribution in [2.24, 2.45) is 5.73 Å². The molecule has 1 heterocycles. The first-order valence-electron chi connectivity index (χ1n) is 4.06. The van der Waals surface area contributed by atoms with Crippen molar-refractivity contribution in [1.29, 1.82) is 0 Å². The standard InChI is InChI=1S/C8H17NO2/c1-7(10-2)5-8(9)3-4-11-6-8/h7H,3-6,9H2,1-2H3. The van der Waals surface area contributed by atoms with Gasteiger partial charge >= 0.3 is 0 Å². The Kier molecular flexibility index (Phi) is 2.87. The molecular formula is C8H17NO2. The highest BCUT2D eigenvalue weighted by atomic mass is 16.5. The molecule has 0 saturated carbocycles. The fourth-order valence-corrected chi connectivity index (χ4v) is 1.44. The van der Waals surface area contributed by atoms with Gasteiger partial charge in [-0.05, 0) is 19.8 Å². The Balaban J connectivity index is 2.33. The maximum absolute atomic E-state index is 6.03. The number of hydrogen-bond acceptors (Lipinski definition) is 3. The number of ether oxygens (including phenoxy) is 2. The van der Waals surface area contributed by atoms with Gasteiger partial charge in [-0.1, -0.05) is 0 Å². The van der Waals surface area contributed by atoms with Crippen molar-refractivity contribution in [1.82, 2.24) is 0 Å². The van der Waals surface area contributed by atoms with Crippen molar-refractivity contribution < 1.29 is 9.47 Å². The summed E-state index contributed by atoms with van der Waals surface area (Å²) in [5.74, 6) is 0. The van der Waals surface area contributed by atoms with E-state index in [1.54, 1.807) is 7.11 Å². The van der Waals surface area contributed by atoms with E-state index in [9.17, 15) is 0 Å². The van der Waals surface area contributed by atoms with Gasteiger partial charge in [0, 0.05) is 19.3 Å². The van der Waals surface area contributed by atoms with Crippen molar-refractivity contribution in [2.75, 3.05) is 20.3 Å². The second-order valence-electron chi connectivity index (χ2n) is 3.42. The molecule has 2 atom stereocenters. The zero-order valence-electron chi connectivity index (χ0n) is 7.30. The molecule has 0 spiro atoms. The molecule has 0 aromatic carbocycles. The van der Waals surface area contributed by atoms with E-state index in [1.165, 1.54) is 0 Å². The van der Waals surface area contributed by atoms with Crippen molar-refractivity contribution >= 4 is 0 Å². The van der Waals surface area contributed by atoms with E-state index in [-0.39, 0.29) is 11.6 Å². The highest BCUT2D eigenvalue weighted by Gasteiger charge is 2.31. The fourth-order valence-electron chi connectivity index (χ4n) is 1.44. The molecule has 0 radical (unpaired) electrons. The van der Waals surface area contributed by atoms with E-state index in [1.807, 2.05) is 6.92 Å². The molecule has 0 aliphatic carbocycles. The summed E-state index contributed by atoms with van der Waals surface area (Å²) in [5.41, 5.74) is 5.90. The molecule has 3 heteroatoms. The predicted molar refractivity (Wildman–Crippen MR) is 43.4 cm³/mol. The molecule has 2 unspecified atom stereocenters. The lowest BCUT2D eigenvalue weighted by atomic mass is 9.93. The zero-order chi connectivity index (χ0) is 8.32. The minimum absolute atomic E-state index is 0.130. The third kappa shape index (κ3) is 2.43. The molecule has 66 valence electrons. The third-order valence-corrected chi connectivity index (χ3v) is 2.23. The second-order valence-corrected chi connectivity index (χ2v) is 3.42. The Morgan fingerprint density at radius 3 is 2.91 bits per heavy atom. The topological polar surface area (TPSA) is 44.5 Å². The Morgan fingerprint density at radius 2 is 2.45 bits per heavy atom. The van der Waals surface area contributed by atoms with Crippen molar-refractivity contribution in [3.8, 4) is 0 Å². The van der Waals surface area contributed by atoms with Gasteiger partial charge in [-0.2, -0.15) is 0 Å². The summed E-state index contributed by atoms with van der Waals surface area (Å²) in [6.45, 7) is 3.51. The Labute approximate surface area is 67.9 Å². The van der Waals surface area contributed by atoms with Gasteiger partial charge in [-0.3, -0.25) is 0 Å². The van der Waals surface area contributed by atoms with Gasteiger partial charge < -0.3 is 15.2 Å². The lowest BCUT2D eigenvalue weighted by Gasteiger charge is -2.24.